The van der Waals surface area contributed by atoms with E-state index in [2.05, 4.69) is 38.0 Å². The Morgan fingerprint density at radius 2 is 2.24 bits per heavy atom. The molecule has 17 heavy (non-hydrogen) atoms. The third-order valence-electron chi connectivity index (χ3n) is 3.22. The molecule has 0 unspecified atom stereocenters. The maximum Gasteiger partial charge on any atom is 0.226 e. The first-order valence-electron chi connectivity index (χ1n) is 5.78. The second-order valence-electron chi connectivity index (χ2n) is 5.27. The zero-order chi connectivity index (χ0) is 13.1. The van der Waals surface area contributed by atoms with Crippen LogP contribution in [-0.2, 0) is 11.2 Å². The number of carbonyl (C=O) groups excluding carboxylic acids is 1. The zero-order valence-electron chi connectivity index (χ0n) is 10.9. The molecule has 1 heterocycles. The predicted octanol–water partition coefficient (Wildman–Crippen LogP) is 2.07. The van der Waals surface area contributed by atoms with Gasteiger partial charge in [-0.05, 0) is 11.3 Å². The highest BCUT2D eigenvalue weighted by molar-refractivity contribution is 7.13. The molecule has 0 bridgehead atoms. The van der Waals surface area contributed by atoms with Crippen molar-refractivity contribution in [1.82, 2.24) is 10.3 Å². The molecule has 1 amide bonds. The number of hydrogen-bond acceptors (Lipinski definition) is 4. The summed E-state index contributed by atoms with van der Waals surface area (Å²) in [7, 11) is 0. The van der Waals surface area contributed by atoms with Gasteiger partial charge in [-0.3, -0.25) is 4.79 Å². The highest BCUT2D eigenvalue weighted by Gasteiger charge is 2.22. The lowest BCUT2D eigenvalue weighted by molar-refractivity contribution is -0.121. The van der Waals surface area contributed by atoms with Gasteiger partial charge in [-0.15, -0.1) is 11.3 Å². The van der Waals surface area contributed by atoms with Crippen LogP contribution >= 0.6 is 11.3 Å². The van der Waals surface area contributed by atoms with Gasteiger partial charge in [0.1, 0.15) is 0 Å². The summed E-state index contributed by atoms with van der Waals surface area (Å²) in [4.78, 5) is 15.8. The number of anilines is 1. The number of thiazole rings is 1. The Bertz CT molecular complexity index is 385. The summed E-state index contributed by atoms with van der Waals surface area (Å²) < 4.78 is 0. The first kappa shape index (κ1) is 14.0. The van der Waals surface area contributed by atoms with Crippen LogP contribution in [0.2, 0.25) is 0 Å². The summed E-state index contributed by atoms with van der Waals surface area (Å²) in [5, 5.41) is 5.28. The van der Waals surface area contributed by atoms with E-state index in [9.17, 15) is 4.79 Å². The first-order chi connectivity index (χ1) is 7.81. The van der Waals surface area contributed by atoms with Crippen molar-refractivity contribution in [2.45, 2.75) is 34.1 Å². The van der Waals surface area contributed by atoms with Gasteiger partial charge in [0.15, 0.2) is 5.13 Å². The number of nitrogens with two attached hydrogens (primary N) is 1. The number of nitrogen functional groups attached to an aromatic ring is 1. The quantitative estimate of drug-likeness (QED) is 0.846. The zero-order valence-corrected chi connectivity index (χ0v) is 11.7. The van der Waals surface area contributed by atoms with Crippen LogP contribution in [-0.4, -0.2) is 17.4 Å². The Morgan fingerprint density at radius 3 is 2.71 bits per heavy atom. The Kier molecular flexibility index (Phi) is 4.51. The Labute approximate surface area is 107 Å². The molecule has 0 atom stereocenters. The Balaban J connectivity index is 2.41. The number of hydrogen-bond donors (Lipinski definition) is 2. The molecule has 0 aliphatic carbocycles. The fourth-order valence-electron chi connectivity index (χ4n) is 1.16. The predicted molar refractivity (Wildman–Crippen MR) is 71.9 cm³/mol. The molecule has 0 saturated heterocycles. The van der Waals surface area contributed by atoms with Crippen LogP contribution in [0.1, 0.15) is 33.4 Å². The molecule has 0 spiro atoms. The second-order valence-corrected chi connectivity index (χ2v) is 6.16. The summed E-state index contributed by atoms with van der Waals surface area (Å²) in [5.74, 6) is 0.529. The van der Waals surface area contributed by atoms with Crippen LogP contribution in [0.4, 0.5) is 5.13 Å². The fraction of sp³-hybridized carbons (Fsp3) is 0.667. The fourth-order valence-corrected chi connectivity index (χ4v) is 1.72. The Morgan fingerprint density at radius 1 is 1.59 bits per heavy atom. The van der Waals surface area contributed by atoms with Crippen LogP contribution in [0.15, 0.2) is 5.38 Å². The van der Waals surface area contributed by atoms with Gasteiger partial charge in [0.25, 0.3) is 0 Å². The van der Waals surface area contributed by atoms with Crippen LogP contribution in [0.3, 0.4) is 0 Å². The van der Waals surface area contributed by atoms with Crippen molar-refractivity contribution in [3.8, 4) is 0 Å². The number of carbonyl (C=O) groups is 1. The molecule has 0 aliphatic rings. The molecule has 0 fully saturated rings. The first-order valence-corrected chi connectivity index (χ1v) is 6.66. The SMILES string of the molecule is CC(C)C(C)(C)CNC(=O)Cc1csc(N)n1. The largest absolute Gasteiger partial charge is 0.375 e. The van der Waals surface area contributed by atoms with Gasteiger partial charge in [0.05, 0.1) is 12.1 Å². The van der Waals surface area contributed by atoms with Gasteiger partial charge in [0, 0.05) is 11.9 Å². The molecule has 0 aromatic carbocycles. The topological polar surface area (TPSA) is 68.0 Å². The Hall–Kier alpha value is -1.10. The summed E-state index contributed by atoms with van der Waals surface area (Å²) in [5.41, 5.74) is 6.36. The molecule has 5 heteroatoms. The third-order valence-corrected chi connectivity index (χ3v) is 3.94. The molecule has 3 N–H and O–H groups in total. The molecule has 1 aromatic rings. The van der Waals surface area contributed by atoms with Crippen molar-refractivity contribution in [1.29, 1.82) is 0 Å². The normalized spacial score (nSPS) is 11.8. The monoisotopic (exact) mass is 255 g/mol. The minimum absolute atomic E-state index is 0.00373. The molecule has 96 valence electrons. The van der Waals surface area contributed by atoms with E-state index in [1.807, 2.05) is 5.38 Å². The van der Waals surface area contributed by atoms with Crippen LogP contribution in [0.5, 0.6) is 0 Å². The van der Waals surface area contributed by atoms with Crippen molar-refractivity contribution in [3.63, 3.8) is 0 Å². The van der Waals surface area contributed by atoms with Gasteiger partial charge in [-0.2, -0.15) is 0 Å². The molecule has 1 aromatic heterocycles. The molecular formula is C12H21N3OS. The average molecular weight is 255 g/mol. The van der Waals surface area contributed by atoms with E-state index in [1.54, 1.807) is 0 Å². The number of nitrogens with zero attached hydrogens (tertiary/aromatic N) is 1. The van der Waals surface area contributed by atoms with Crippen molar-refractivity contribution >= 4 is 22.4 Å². The van der Waals surface area contributed by atoms with Gasteiger partial charge in [-0.1, -0.05) is 27.7 Å². The van der Waals surface area contributed by atoms with E-state index in [1.165, 1.54) is 11.3 Å². The maximum absolute atomic E-state index is 11.7. The summed E-state index contributed by atoms with van der Waals surface area (Å²) in [6.45, 7) is 9.31. The number of nitrogens with one attached hydrogen (secondary N) is 1. The summed E-state index contributed by atoms with van der Waals surface area (Å²) >= 11 is 1.36. The molecular weight excluding hydrogens is 234 g/mol. The number of rotatable bonds is 5. The van der Waals surface area contributed by atoms with Crippen LogP contribution < -0.4 is 11.1 Å². The number of aromatic nitrogens is 1. The van der Waals surface area contributed by atoms with Crippen LogP contribution in [0.25, 0.3) is 0 Å². The van der Waals surface area contributed by atoms with Crippen molar-refractivity contribution in [2.75, 3.05) is 12.3 Å². The van der Waals surface area contributed by atoms with Gasteiger partial charge >= 0.3 is 0 Å². The van der Waals surface area contributed by atoms with Gasteiger partial charge in [0.2, 0.25) is 5.91 Å². The average Bonchev–Trinajstić information content (AvgIpc) is 2.61. The molecule has 4 nitrogen and oxygen atoms in total. The highest BCUT2D eigenvalue weighted by atomic mass is 32.1. The van der Waals surface area contributed by atoms with Crippen LogP contribution in [0, 0.1) is 11.3 Å². The van der Waals surface area contributed by atoms with Gasteiger partial charge in [-0.25, -0.2) is 4.98 Å². The second kappa shape index (κ2) is 5.49. The summed E-state index contributed by atoms with van der Waals surface area (Å²) in [6, 6.07) is 0. The number of amides is 1. The van der Waals surface area contributed by atoms with E-state index in [4.69, 9.17) is 5.73 Å². The maximum atomic E-state index is 11.7. The van der Waals surface area contributed by atoms with Crippen molar-refractivity contribution < 1.29 is 4.79 Å². The van der Waals surface area contributed by atoms with E-state index in [0.717, 1.165) is 5.69 Å². The lowest BCUT2D eigenvalue weighted by atomic mass is 9.81. The molecule has 0 radical (unpaired) electrons. The highest BCUT2D eigenvalue weighted by Crippen LogP contribution is 2.24. The van der Waals surface area contributed by atoms with Crippen molar-refractivity contribution in [2.24, 2.45) is 11.3 Å². The minimum Gasteiger partial charge on any atom is -0.375 e. The van der Waals surface area contributed by atoms with E-state index in [-0.39, 0.29) is 11.3 Å². The van der Waals surface area contributed by atoms with E-state index < -0.39 is 0 Å². The third kappa shape index (κ3) is 4.34. The standard InChI is InChI=1S/C12H21N3OS/c1-8(2)12(3,4)7-14-10(16)5-9-6-17-11(13)15-9/h6,8H,5,7H2,1-4H3,(H2,13,15)(H,14,16). The van der Waals surface area contributed by atoms with E-state index in [0.29, 0.717) is 24.0 Å². The lowest BCUT2D eigenvalue weighted by Gasteiger charge is -2.29. The minimum atomic E-state index is 0.00373. The summed E-state index contributed by atoms with van der Waals surface area (Å²) in [6.07, 6.45) is 0.307. The molecule has 0 aliphatic heterocycles. The lowest BCUT2D eigenvalue weighted by Crippen LogP contribution is -2.37. The van der Waals surface area contributed by atoms with Gasteiger partial charge < -0.3 is 11.1 Å². The van der Waals surface area contributed by atoms with E-state index >= 15 is 0 Å². The molecule has 0 saturated carbocycles. The molecule has 1 rings (SSSR count). The van der Waals surface area contributed by atoms with Crippen molar-refractivity contribution in [3.05, 3.63) is 11.1 Å². The smallest absolute Gasteiger partial charge is 0.226 e.